The largest absolute Gasteiger partial charge is 0.867 e. The Kier molecular flexibility index (Phi) is 92.2. The van der Waals surface area contributed by atoms with E-state index in [1.807, 2.05) is 128 Å². The lowest BCUT2D eigenvalue weighted by molar-refractivity contribution is -0.368. The van der Waals surface area contributed by atoms with E-state index in [1.54, 1.807) is 0 Å². The van der Waals surface area contributed by atoms with E-state index in [0.717, 1.165) is 0 Å². The van der Waals surface area contributed by atoms with Gasteiger partial charge in [-0.05, 0) is 0 Å². The highest BCUT2D eigenvalue weighted by molar-refractivity contribution is 6.27. The molecule has 228 valence electrons. The van der Waals surface area contributed by atoms with E-state index in [1.165, 1.54) is 0 Å². The van der Waals surface area contributed by atoms with E-state index >= 15 is 0 Å². The second kappa shape index (κ2) is 55.1. The van der Waals surface area contributed by atoms with Gasteiger partial charge in [0.1, 0.15) is 150 Å². The van der Waals surface area contributed by atoms with Crippen molar-refractivity contribution in [1.29, 1.82) is 0 Å². The summed E-state index contributed by atoms with van der Waals surface area (Å²) in [6.07, 6.45) is 0. The Morgan fingerprint density at radius 3 is 0.278 bits per heavy atom. The molecule has 0 rings (SSSR count). The first-order chi connectivity index (χ1) is 15.6. The Morgan fingerprint density at radius 1 is 0.278 bits per heavy atom. The molecule has 0 aromatic rings. The molecule has 0 radical (unpaired) electrons. The van der Waals surface area contributed by atoms with Crippen molar-refractivity contribution < 1.29 is 69.3 Å². The quantitative estimate of drug-likeness (QED) is 0.218. The Labute approximate surface area is 220 Å². The Morgan fingerprint density at radius 2 is 0.278 bits per heavy atom. The highest BCUT2D eigenvalue weighted by atomic mass is 19.1. The van der Waals surface area contributed by atoms with Gasteiger partial charge in [-0.2, -0.15) is 0 Å². The van der Waals surface area contributed by atoms with Crippen LogP contribution in [0.1, 0.15) is 0 Å². The molecule has 0 bridgehead atoms. The third kappa shape index (κ3) is 144000. The summed E-state index contributed by atoms with van der Waals surface area (Å²) < 4.78 is 45.2. The fraction of sp³-hybridized carbons (Fsp3) is 1.00. The maximum atomic E-state index is 9.89. The van der Waals surface area contributed by atoms with Crippen LogP contribution in [0.5, 0.6) is 0 Å². The molecule has 0 aromatic heterocycles. The Bertz CT molecular complexity index is 187. The lowest BCUT2D eigenvalue weighted by atomic mass is 10.3. The fourth-order valence-corrected chi connectivity index (χ4v) is 0. The second-order valence-corrected chi connectivity index (χ2v) is 8.17. The molecule has 18 heteroatoms. The zero-order valence-corrected chi connectivity index (χ0v) is 25.8. The van der Waals surface area contributed by atoms with Crippen molar-refractivity contribution in [2.75, 3.05) is 128 Å². The average molecular weight is 552 g/mol. The molecule has 12 nitrogen and oxygen atoms in total. The molecule has 0 saturated heterocycles. The molecule has 0 atom stereocenters. The monoisotopic (exact) mass is 552 g/mol. The Balaban J connectivity index is -0.0000000325. The highest BCUT2D eigenvalue weighted by Gasteiger charge is 1.63. The third-order valence-corrected chi connectivity index (χ3v) is 0. The first-order valence-electron chi connectivity index (χ1n) is 9.42. The van der Waals surface area contributed by atoms with Gasteiger partial charge in [-0.3, -0.25) is 0 Å². The van der Waals surface area contributed by atoms with Crippen LogP contribution in [-0.4, -0.2) is 150 Å². The van der Waals surface area contributed by atoms with Gasteiger partial charge >= 0.3 is 0 Å². The van der Waals surface area contributed by atoms with Crippen LogP contribution in [-0.2, 0) is 26.2 Å². The van der Waals surface area contributed by atoms with Crippen LogP contribution in [0.2, 0.25) is 0 Å². The van der Waals surface area contributed by atoms with Gasteiger partial charge in [0.15, 0.2) is 0 Å². The highest BCUT2D eigenvalue weighted by Crippen LogP contribution is 1.62. The van der Waals surface area contributed by atoms with E-state index in [9.17, 15) is 12.9 Å². The van der Waals surface area contributed by atoms with E-state index in [2.05, 4.69) is 26.2 Å². The minimum atomic E-state index is -3.17. The maximum absolute atomic E-state index is 9.89. The molecule has 0 aliphatic carbocycles. The summed E-state index contributed by atoms with van der Waals surface area (Å²) in [5.74, 6) is 0. The van der Waals surface area contributed by atoms with E-state index in [4.69, 9.17) is 30.1 Å². The SMILES string of the molecule is C[O+](C)C.C[O+](C)C.C[O+](C)C.C[O+](C)C.C[O+](C)C.C[O+](C)C.[O-]B([O-])F.[O-]B([O-])F.[O-]B([O-])F. The molecule has 0 heterocycles. The van der Waals surface area contributed by atoms with Crippen LogP contribution in [0.15, 0.2) is 0 Å². The predicted molar refractivity (Wildman–Crippen MR) is 134 cm³/mol. The summed E-state index contributed by atoms with van der Waals surface area (Å²) in [5.41, 5.74) is 0. The molecular weight excluding hydrogens is 498 g/mol. The molecule has 0 amide bonds. The van der Waals surface area contributed by atoms with Crippen LogP contribution < -0.4 is 30.1 Å². The van der Waals surface area contributed by atoms with Crippen molar-refractivity contribution >= 4 is 22.2 Å². The van der Waals surface area contributed by atoms with Crippen molar-refractivity contribution in [2.45, 2.75) is 0 Å². The summed E-state index contributed by atoms with van der Waals surface area (Å²) in [7, 11) is 25.0. The Hall–Kier alpha value is -0.495. The third-order valence-electron chi connectivity index (χ3n) is 0. The van der Waals surface area contributed by atoms with Crippen LogP contribution in [0.25, 0.3) is 0 Å². The maximum Gasteiger partial charge on any atom is 0.135 e. The average Bonchev–Trinajstić information content (AvgIpc) is 2.39. The minimum Gasteiger partial charge on any atom is -0.867 e. The summed E-state index contributed by atoms with van der Waals surface area (Å²) in [4.78, 5) is 0. The molecule has 0 saturated carbocycles. The zero-order chi connectivity index (χ0) is 32.2. The van der Waals surface area contributed by atoms with Crippen LogP contribution in [0.4, 0.5) is 12.9 Å². The molecule has 0 aromatic carbocycles. The van der Waals surface area contributed by atoms with Crippen molar-refractivity contribution in [3.05, 3.63) is 0 Å². The van der Waals surface area contributed by atoms with Gasteiger partial charge in [0.05, 0.1) is 0 Å². The minimum absolute atomic E-state index is 1.92. The smallest absolute Gasteiger partial charge is 0.135 e. The van der Waals surface area contributed by atoms with Gasteiger partial charge in [-0.15, -0.1) is 0 Å². The number of hydrogen-bond acceptors (Lipinski definition) is 6. The van der Waals surface area contributed by atoms with Crippen molar-refractivity contribution in [3.63, 3.8) is 0 Å². The second-order valence-electron chi connectivity index (χ2n) is 8.17. The van der Waals surface area contributed by atoms with E-state index in [0.29, 0.717) is 0 Å². The first-order valence-corrected chi connectivity index (χ1v) is 9.42. The van der Waals surface area contributed by atoms with Gasteiger partial charge in [-0.25, -0.2) is 0 Å². The standard InChI is InChI=1S/6C3H9O.3BFO2/c6*1-4(2)3;3*2-1(3)4/h6*1-3H3;;;/q6*+1;3*-2. The molecule has 0 aliphatic heterocycles. The van der Waals surface area contributed by atoms with Gasteiger partial charge < -0.3 is 69.3 Å². The molecule has 0 fully saturated rings. The summed E-state index contributed by atoms with van der Waals surface area (Å²) >= 11 is 0. The van der Waals surface area contributed by atoms with E-state index in [-0.39, 0.29) is 0 Å². The molecule has 0 N–H and O–H groups in total. The number of hydrogen-bond donors (Lipinski definition) is 0. The lowest BCUT2D eigenvalue weighted by Gasteiger charge is -2.09. The summed E-state index contributed by atoms with van der Waals surface area (Å²) in [5, 5.41) is 49.8. The molecular formula is C18H54B3F3O12. The van der Waals surface area contributed by atoms with E-state index < -0.39 is 22.2 Å². The normalized spacial score (nSPS) is 8.25. The topological polar surface area (TPSA) is 155 Å². The van der Waals surface area contributed by atoms with Gasteiger partial charge in [0, 0.05) is 0 Å². The predicted octanol–water partition coefficient (Wildman–Crippen LogP) is -4.45. The van der Waals surface area contributed by atoms with Gasteiger partial charge in [0.25, 0.3) is 0 Å². The molecule has 36 heavy (non-hydrogen) atoms. The van der Waals surface area contributed by atoms with Crippen molar-refractivity contribution in [1.82, 2.24) is 0 Å². The molecule has 0 aliphatic rings. The lowest BCUT2D eigenvalue weighted by Crippen LogP contribution is -2.39. The molecule has 0 unspecified atom stereocenters. The van der Waals surface area contributed by atoms with Crippen LogP contribution in [0.3, 0.4) is 0 Å². The van der Waals surface area contributed by atoms with Crippen molar-refractivity contribution in [3.8, 4) is 0 Å². The molecule has 0 spiro atoms. The zero-order valence-electron chi connectivity index (χ0n) is 25.8. The summed E-state index contributed by atoms with van der Waals surface area (Å²) in [6.45, 7) is 0. The number of halogens is 3. The van der Waals surface area contributed by atoms with Gasteiger partial charge in [-0.1, -0.05) is 0 Å². The van der Waals surface area contributed by atoms with Crippen LogP contribution in [0, 0.1) is 0 Å². The van der Waals surface area contributed by atoms with Crippen molar-refractivity contribution in [2.24, 2.45) is 0 Å². The fourth-order valence-electron chi connectivity index (χ4n) is 0. The summed E-state index contributed by atoms with van der Waals surface area (Å²) in [6, 6.07) is 0. The van der Waals surface area contributed by atoms with Gasteiger partial charge in [0.2, 0.25) is 0 Å². The number of rotatable bonds is 0. The first kappa shape index (κ1) is 60.2. The van der Waals surface area contributed by atoms with Crippen LogP contribution >= 0.6 is 0 Å².